The van der Waals surface area contributed by atoms with E-state index in [4.69, 9.17) is 0 Å². The van der Waals surface area contributed by atoms with Crippen LogP contribution in [0.15, 0.2) is 82.4 Å². The van der Waals surface area contributed by atoms with E-state index in [0.717, 1.165) is 15.6 Å². The Labute approximate surface area is 202 Å². The number of carbonyl (C=O) groups excluding carboxylic acids is 3. The minimum atomic E-state index is -0.987. The molecule has 3 aromatic carbocycles. The van der Waals surface area contributed by atoms with Crippen LogP contribution in [0.25, 0.3) is 0 Å². The lowest BCUT2D eigenvalue weighted by molar-refractivity contribution is -0.124. The van der Waals surface area contributed by atoms with Crippen LogP contribution in [0.2, 0.25) is 0 Å². The van der Waals surface area contributed by atoms with E-state index in [1.165, 1.54) is 29.2 Å². The van der Waals surface area contributed by atoms with Crippen LogP contribution in [0.4, 0.5) is 10.1 Å². The van der Waals surface area contributed by atoms with Crippen LogP contribution < -0.4 is 4.90 Å². The van der Waals surface area contributed by atoms with Crippen molar-refractivity contribution in [3.05, 3.63) is 99.8 Å². The van der Waals surface area contributed by atoms with Gasteiger partial charge < -0.3 is 0 Å². The van der Waals surface area contributed by atoms with Crippen LogP contribution in [0.3, 0.4) is 0 Å². The van der Waals surface area contributed by atoms with Gasteiger partial charge in [0.1, 0.15) is 11.9 Å². The zero-order chi connectivity index (χ0) is 23.6. The molecule has 6 rings (SSSR count). The van der Waals surface area contributed by atoms with Crippen molar-refractivity contribution < 1.29 is 18.8 Å². The van der Waals surface area contributed by atoms with Crippen molar-refractivity contribution in [2.45, 2.75) is 12.1 Å². The maximum Gasteiger partial charge on any atom is 0.240 e. The number of imide groups is 1. The SMILES string of the molecule is O=C(c1ccc(F)cc1)[C@H]1[C@H]2C(=O)N(c3cccc(Br)c3)C(=O)[C@H]2[C@@H]2c3ccccc3C=NN12. The number of nitrogens with zero attached hydrogens (tertiary/aromatic N) is 3. The van der Waals surface area contributed by atoms with E-state index >= 15 is 0 Å². The van der Waals surface area contributed by atoms with Crippen molar-refractivity contribution in [3.8, 4) is 0 Å². The van der Waals surface area contributed by atoms with Crippen LogP contribution >= 0.6 is 15.9 Å². The summed E-state index contributed by atoms with van der Waals surface area (Å²) < 4.78 is 14.2. The molecule has 34 heavy (non-hydrogen) atoms. The van der Waals surface area contributed by atoms with Crippen LogP contribution in [-0.4, -0.2) is 34.9 Å². The van der Waals surface area contributed by atoms with E-state index in [1.807, 2.05) is 30.3 Å². The van der Waals surface area contributed by atoms with Gasteiger partial charge in [0.15, 0.2) is 5.78 Å². The molecule has 6 nitrogen and oxygen atoms in total. The zero-order valence-corrected chi connectivity index (χ0v) is 19.2. The summed E-state index contributed by atoms with van der Waals surface area (Å²) in [6, 6.07) is 18.2. The molecule has 3 aliphatic heterocycles. The Morgan fingerprint density at radius 3 is 2.41 bits per heavy atom. The zero-order valence-electron chi connectivity index (χ0n) is 17.6. The number of hydrazone groups is 1. The second-order valence-electron chi connectivity index (χ2n) is 8.56. The average Bonchev–Trinajstić information content (AvgIpc) is 3.31. The van der Waals surface area contributed by atoms with Gasteiger partial charge in [0, 0.05) is 10.0 Å². The average molecular weight is 518 g/mol. The largest absolute Gasteiger partial charge is 0.292 e. The molecule has 3 heterocycles. The number of ketones is 1. The van der Waals surface area contributed by atoms with Crippen molar-refractivity contribution in [3.63, 3.8) is 0 Å². The molecule has 0 bridgehead atoms. The van der Waals surface area contributed by atoms with E-state index in [2.05, 4.69) is 21.0 Å². The summed E-state index contributed by atoms with van der Waals surface area (Å²) >= 11 is 3.40. The molecule has 4 atom stereocenters. The second-order valence-corrected chi connectivity index (χ2v) is 9.47. The highest BCUT2D eigenvalue weighted by molar-refractivity contribution is 9.10. The lowest BCUT2D eigenvalue weighted by atomic mass is 9.83. The van der Waals surface area contributed by atoms with Gasteiger partial charge in [-0.25, -0.2) is 9.29 Å². The third-order valence-corrected chi connectivity index (χ3v) is 7.25. The molecule has 0 aliphatic carbocycles. The van der Waals surface area contributed by atoms with Gasteiger partial charge in [-0.15, -0.1) is 0 Å². The first-order chi connectivity index (χ1) is 16.5. The topological polar surface area (TPSA) is 70.0 Å². The molecule has 2 fully saturated rings. The first-order valence-electron chi connectivity index (χ1n) is 10.8. The highest BCUT2D eigenvalue weighted by Crippen LogP contribution is 2.53. The fourth-order valence-corrected chi connectivity index (χ4v) is 5.71. The van der Waals surface area contributed by atoms with Gasteiger partial charge in [0.05, 0.1) is 29.8 Å². The molecule has 0 spiro atoms. The standard InChI is InChI=1S/C26H17BrFN3O3/c27-16-5-3-6-18(12-16)30-25(33)20-21(26(30)34)23(24(32)14-8-10-17(28)11-9-14)31-22(20)19-7-2-1-4-15(19)13-29-31/h1-13,20-23H/t20-,21+,22+,23-/m1/s1. The quantitative estimate of drug-likeness (QED) is 0.382. The Kier molecular flexibility index (Phi) is 4.74. The number of Topliss-reactive ketones (excluding diaryl/α,β-unsaturated/α-hetero) is 1. The molecule has 0 saturated carbocycles. The molecule has 0 aromatic heterocycles. The number of carbonyl (C=O) groups is 3. The van der Waals surface area contributed by atoms with Gasteiger partial charge in [-0.1, -0.05) is 46.3 Å². The van der Waals surface area contributed by atoms with Gasteiger partial charge in [0.2, 0.25) is 11.8 Å². The molecular weight excluding hydrogens is 501 g/mol. The smallest absolute Gasteiger partial charge is 0.240 e. The summed E-state index contributed by atoms with van der Waals surface area (Å²) in [5, 5.41) is 6.12. The fraction of sp³-hybridized carbons (Fsp3) is 0.154. The Hall–Kier alpha value is -3.65. The highest BCUT2D eigenvalue weighted by Gasteiger charge is 2.65. The molecule has 0 radical (unpaired) electrons. The van der Waals surface area contributed by atoms with Crippen molar-refractivity contribution in [1.82, 2.24) is 5.01 Å². The Morgan fingerprint density at radius 2 is 1.65 bits per heavy atom. The van der Waals surface area contributed by atoms with E-state index in [9.17, 15) is 18.8 Å². The maximum atomic E-state index is 13.8. The van der Waals surface area contributed by atoms with Gasteiger partial charge in [0.25, 0.3) is 0 Å². The summed E-state index contributed by atoms with van der Waals surface area (Å²) in [5.41, 5.74) is 2.41. The number of anilines is 1. The molecule has 0 unspecified atom stereocenters. The van der Waals surface area contributed by atoms with Gasteiger partial charge >= 0.3 is 0 Å². The first kappa shape index (κ1) is 20.9. The summed E-state index contributed by atoms with van der Waals surface area (Å²) in [6.45, 7) is 0. The summed E-state index contributed by atoms with van der Waals surface area (Å²) in [7, 11) is 0. The lowest BCUT2D eigenvalue weighted by Gasteiger charge is -2.33. The van der Waals surface area contributed by atoms with E-state index in [1.54, 1.807) is 29.4 Å². The molecular formula is C26H17BrFN3O3. The summed E-state index contributed by atoms with van der Waals surface area (Å²) in [6.07, 6.45) is 1.65. The molecule has 168 valence electrons. The predicted octanol–water partition coefficient (Wildman–Crippen LogP) is 4.35. The third kappa shape index (κ3) is 2.98. The van der Waals surface area contributed by atoms with Crippen LogP contribution in [-0.2, 0) is 9.59 Å². The molecule has 3 aliphatic rings. The van der Waals surface area contributed by atoms with Crippen LogP contribution in [0.5, 0.6) is 0 Å². The lowest BCUT2D eigenvalue weighted by Crippen LogP contribution is -2.44. The maximum absolute atomic E-state index is 13.8. The molecule has 2 saturated heterocycles. The normalized spacial score (nSPS) is 24.8. The van der Waals surface area contributed by atoms with Crippen molar-refractivity contribution in [2.75, 3.05) is 4.90 Å². The van der Waals surface area contributed by atoms with Crippen molar-refractivity contribution in [1.29, 1.82) is 0 Å². The number of hydrogen-bond acceptors (Lipinski definition) is 5. The molecule has 0 N–H and O–H groups in total. The number of rotatable bonds is 3. The summed E-state index contributed by atoms with van der Waals surface area (Å²) in [4.78, 5) is 42.4. The number of halogens is 2. The minimum Gasteiger partial charge on any atom is -0.292 e. The predicted molar refractivity (Wildman–Crippen MR) is 127 cm³/mol. The van der Waals surface area contributed by atoms with Gasteiger partial charge in [-0.2, -0.15) is 5.10 Å². The number of hydrogen-bond donors (Lipinski definition) is 0. The Bertz CT molecular complexity index is 1390. The fourth-order valence-electron chi connectivity index (χ4n) is 5.32. The highest BCUT2D eigenvalue weighted by atomic mass is 79.9. The monoisotopic (exact) mass is 517 g/mol. The van der Waals surface area contributed by atoms with E-state index in [0.29, 0.717) is 5.69 Å². The molecule has 3 aromatic rings. The van der Waals surface area contributed by atoms with Gasteiger partial charge in [-0.05, 0) is 53.6 Å². The minimum absolute atomic E-state index is 0.265. The Balaban J connectivity index is 1.50. The number of amides is 2. The van der Waals surface area contributed by atoms with E-state index in [-0.39, 0.29) is 17.3 Å². The second kappa shape index (κ2) is 7.70. The van der Waals surface area contributed by atoms with E-state index < -0.39 is 35.6 Å². The third-order valence-electron chi connectivity index (χ3n) is 6.76. The molecule has 2 amide bonds. The molecule has 8 heteroatoms. The summed E-state index contributed by atoms with van der Waals surface area (Å²) in [5.74, 6) is -3.32. The number of fused-ring (bicyclic) bond motifs is 5. The van der Waals surface area contributed by atoms with Crippen molar-refractivity contribution >= 4 is 45.4 Å². The van der Waals surface area contributed by atoms with Crippen molar-refractivity contribution in [2.24, 2.45) is 16.9 Å². The van der Waals surface area contributed by atoms with Gasteiger partial charge in [-0.3, -0.25) is 19.4 Å². The van der Waals surface area contributed by atoms with Crippen LogP contribution in [0.1, 0.15) is 27.5 Å². The number of benzene rings is 3. The van der Waals surface area contributed by atoms with Crippen LogP contribution in [0, 0.1) is 17.7 Å². The first-order valence-corrected chi connectivity index (χ1v) is 11.6. The Morgan fingerprint density at radius 1 is 0.912 bits per heavy atom.